The summed E-state index contributed by atoms with van der Waals surface area (Å²) < 4.78 is 42.5. The van der Waals surface area contributed by atoms with Crippen LogP contribution in [-0.4, -0.2) is 40.6 Å². The Labute approximate surface area is 332 Å². The second kappa shape index (κ2) is 18.1. The first-order chi connectivity index (χ1) is 20.5. The van der Waals surface area contributed by atoms with Crippen LogP contribution in [0.1, 0.15) is 11.1 Å². The van der Waals surface area contributed by atoms with Crippen molar-refractivity contribution in [3.63, 3.8) is 0 Å². The van der Waals surface area contributed by atoms with Crippen molar-refractivity contribution in [1.29, 1.82) is 0 Å². The van der Waals surface area contributed by atoms with E-state index in [4.69, 9.17) is 9.47 Å². The number of hydrogen-bond acceptors (Lipinski definition) is 7. The van der Waals surface area contributed by atoms with Crippen molar-refractivity contribution in [2.75, 3.05) is 14.2 Å². The van der Waals surface area contributed by atoms with Gasteiger partial charge in [-0.1, -0.05) is 53.9 Å². The number of aliphatic imine (C=N–C) groups is 1. The normalized spacial score (nSPS) is 10.5. The van der Waals surface area contributed by atoms with Crippen LogP contribution in [0.5, 0.6) is 11.5 Å². The quantitative estimate of drug-likeness (QED) is 0.0806. The average Bonchev–Trinajstić information content (AvgIpc) is 3.41. The Kier molecular flexibility index (Phi) is 15.9. The fraction of sp³-hybridized carbons (Fsp3) is 0.103. The van der Waals surface area contributed by atoms with Crippen LogP contribution in [0.3, 0.4) is 0 Å². The Bertz CT molecular complexity index is 1860. The van der Waals surface area contributed by atoms with Gasteiger partial charge < -0.3 is 14.9 Å². The molecule has 230 valence electrons. The minimum Gasteiger partial charge on any atom is -0.870 e. The fourth-order valence-corrected chi connectivity index (χ4v) is 5.51. The molecule has 0 saturated carbocycles. The van der Waals surface area contributed by atoms with E-state index in [2.05, 4.69) is 73.8 Å². The van der Waals surface area contributed by atoms with Gasteiger partial charge in [-0.05, 0) is 70.5 Å². The Balaban J connectivity index is 0.000000302. The van der Waals surface area contributed by atoms with Crippen LogP contribution in [0, 0.1) is 21.7 Å². The first kappa shape index (κ1) is 39.6. The molecule has 0 bridgehead atoms. The number of ether oxygens (including phenoxy) is 2. The first-order valence-electron chi connectivity index (χ1n) is 12.2. The van der Waals surface area contributed by atoms with Crippen molar-refractivity contribution in [3.05, 3.63) is 118 Å². The molecule has 0 atom stereocenters. The zero-order valence-corrected chi connectivity index (χ0v) is 33.2. The van der Waals surface area contributed by atoms with Crippen molar-refractivity contribution >= 4 is 86.5 Å². The summed E-state index contributed by atoms with van der Waals surface area (Å²) in [5.74, 6) is 0.0274. The van der Waals surface area contributed by atoms with Crippen LogP contribution in [0.25, 0.3) is 16.6 Å². The molecule has 0 unspecified atom stereocenters. The molecule has 0 saturated heterocycles. The van der Waals surface area contributed by atoms with Gasteiger partial charge in [0.25, 0.3) is 0 Å². The van der Waals surface area contributed by atoms with E-state index in [9.17, 15) is 18.9 Å². The van der Waals surface area contributed by atoms with Gasteiger partial charge in [0.2, 0.25) is 0 Å². The molecule has 1 heterocycles. The molecule has 0 amide bonds. The molecule has 0 aliphatic rings. The molecule has 45 heavy (non-hydrogen) atoms. The first-order valence-corrected chi connectivity index (χ1v) is 15.3. The van der Waals surface area contributed by atoms with Gasteiger partial charge in [-0.25, -0.2) is 13.5 Å². The van der Waals surface area contributed by atoms with Gasteiger partial charge in [0.15, 0.2) is 5.75 Å². The number of halogens is 6. The molecule has 9 nitrogen and oxygen atoms in total. The minimum atomic E-state index is -0.537. The van der Waals surface area contributed by atoms with E-state index in [1.165, 1.54) is 31.5 Å². The number of rotatable bonds is 7. The minimum absolute atomic E-state index is 0. The molecule has 0 aliphatic carbocycles. The van der Waals surface area contributed by atoms with E-state index in [-0.39, 0.29) is 86.2 Å². The van der Waals surface area contributed by atoms with E-state index >= 15 is 0 Å². The number of methoxy groups -OCH3 is 2. The zero-order chi connectivity index (χ0) is 31.3. The Morgan fingerprint density at radius 1 is 0.911 bits per heavy atom. The summed E-state index contributed by atoms with van der Waals surface area (Å²) in [4.78, 5) is 14.8. The zero-order valence-electron chi connectivity index (χ0n) is 23.8. The summed E-state index contributed by atoms with van der Waals surface area (Å²) >= 11 is 13.1. The molecule has 0 radical (unpaired) electrons. The van der Waals surface area contributed by atoms with Crippen LogP contribution in [0.15, 0.2) is 89.7 Å². The SMILES string of the molecule is COc1ccc(Br)c(C=NCc2ccc(Br)cc2F)c1[N+](=O)[O-].COc1ccc(Br)c2cnn(-c3ccc(Br)cc3F)c12.[K+].[OH-]. The third kappa shape index (κ3) is 9.49. The van der Waals surface area contributed by atoms with Crippen LogP contribution in [0.4, 0.5) is 14.5 Å². The number of nitro benzene ring substituents is 1. The van der Waals surface area contributed by atoms with Gasteiger partial charge >= 0.3 is 57.1 Å². The molecular weight excluding hydrogens is 881 g/mol. The summed E-state index contributed by atoms with van der Waals surface area (Å²) in [6.07, 6.45) is 3.02. The number of aromatic nitrogens is 2. The van der Waals surface area contributed by atoms with E-state index in [0.29, 0.717) is 30.4 Å². The number of nitrogens with zero attached hydrogens (tertiary/aromatic N) is 4. The van der Waals surface area contributed by atoms with Crippen LogP contribution >= 0.6 is 63.7 Å². The second-order valence-electron chi connectivity index (χ2n) is 8.64. The van der Waals surface area contributed by atoms with Crippen LogP contribution < -0.4 is 60.9 Å². The maximum absolute atomic E-state index is 14.1. The molecule has 4 aromatic carbocycles. The summed E-state index contributed by atoms with van der Waals surface area (Å²) in [6.45, 7) is 0.0694. The Morgan fingerprint density at radius 3 is 2.11 bits per heavy atom. The maximum atomic E-state index is 14.1. The number of benzene rings is 4. The third-order valence-corrected chi connectivity index (χ3v) is 8.39. The van der Waals surface area contributed by atoms with Crippen molar-refractivity contribution < 1.29 is 80.0 Å². The summed E-state index contributed by atoms with van der Waals surface area (Å²) in [5, 5.41) is 16.4. The van der Waals surface area contributed by atoms with Crippen molar-refractivity contribution in [2.45, 2.75) is 6.54 Å². The molecule has 5 rings (SSSR count). The van der Waals surface area contributed by atoms with E-state index in [1.807, 2.05) is 12.1 Å². The fourth-order valence-electron chi connectivity index (χ4n) is 4.00. The summed E-state index contributed by atoms with van der Waals surface area (Å²) in [5.41, 5.74) is 1.57. The second-order valence-corrected chi connectivity index (χ2v) is 12.2. The number of fused-ring (bicyclic) bond motifs is 1. The maximum Gasteiger partial charge on any atom is 1.00 e. The standard InChI is InChI=1S/C15H11Br2FN2O3.C14H9Br2FN2O.K.H2O/c1-23-14-5-4-12(17)11(15(14)20(21)22)8-19-7-9-2-3-10(16)6-13(9)18;1-20-13-5-3-10(16)9-7-18-19(14(9)13)12-4-2-8(15)6-11(12)17;;/h2-6,8H,7H2,1H3;2-7H,1H3;;1H2/q;;+1;/p-1. The van der Waals surface area contributed by atoms with Crippen molar-refractivity contribution in [3.8, 4) is 17.2 Å². The van der Waals surface area contributed by atoms with Crippen molar-refractivity contribution in [1.82, 2.24) is 9.78 Å². The van der Waals surface area contributed by atoms with Gasteiger partial charge in [-0.15, -0.1) is 0 Å². The number of nitro groups is 1. The topological polar surface area (TPSA) is 122 Å². The third-order valence-electron chi connectivity index (χ3n) is 6.03. The predicted molar refractivity (Wildman–Crippen MR) is 178 cm³/mol. The van der Waals surface area contributed by atoms with Gasteiger partial charge in [-0.3, -0.25) is 15.1 Å². The number of hydrogen-bond donors (Lipinski definition) is 0. The van der Waals surface area contributed by atoms with Crippen LogP contribution in [0.2, 0.25) is 0 Å². The van der Waals surface area contributed by atoms with E-state index in [1.54, 1.807) is 48.3 Å². The summed E-state index contributed by atoms with van der Waals surface area (Å²) in [7, 11) is 2.94. The van der Waals surface area contributed by atoms with E-state index in [0.717, 1.165) is 15.4 Å². The van der Waals surface area contributed by atoms with Gasteiger partial charge in [-0.2, -0.15) is 5.10 Å². The molecule has 0 spiro atoms. The van der Waals surface area contributed by atoms with Crippen LogP contribution in [-0.2, 0) is 6.54 Å². The molecule has 0 aliphatic heterocycles. The smallest absolute Gasteiger partial charge is 0.870 e. The molecule has 1 aromatic heterocycles. The molecule has 5 aromatic rings. The molecule has 0 fully saturated rings. The predicted octanol–water partition coefficient (Wildman–Crippen LogP) is 6.41. The molecular formula is C29H21Br4F2KN4O5. The monoisotopic (exact) mass is 898 g/mol. The van der Waals surface area contributed by atoms with E-state index < -0.39 is 10.7 Å². The Morgan fingerprint density at radius 2 is 1.51 bits per heavy atom. The molecule has 16 heteroatoms. The Hall–Kier alpha value is -1.60. The van der Waals surface area contributed by atoms with Gasteiger partial charge in [0.1, 0.15) is 28.6 Å². The van der Waals surface area contributed by atoms with Gasteiger partial charge in [0.05, 0.1) is 37.4 Å². The average molecular weight is 902 g/mol. The summed E-state index contributed by atoms with van der Waals surface area (Å²) in [6, 6.07) is 16.3. The largest absolute Gasteiger partial charge is 1.00 e. The molecule has 1 N–H and O–H groups in total. The van der Waals surface area contributed by atoms with Gasteiger partial charge in [0, 0.05) is 35.1 Å². The van der Waals surface area contributed by atoms with Crippen molar-refractivity contribution in [2.24, 2.45) is 4.99 Å².